The number of aromatic nitrogens is 1. The quantitative estimate of drug-likeness (QED) is 0.780. The zero-order valence-corrected chi connectivity index (χ0v) is 16.4. The van der Waals surface area contributed by atoms with E-state index < -0.39 is 5.82 Å². The van der Waals surface area contributed by atoms with E-state index >= 15 is 4.39 Å². The molecule has 148 valence electrons. The summed E-state index contributed by atoms with van der Waals surface area (Å²) in [6.45, 7) is 4.41. The lowest BCUT2D eigenvalue weighted by atomic mass is 9.93. The first-order valence-electron chi connectivity index (χ1n) is 9.45. The summed E-state index contributed by atoms with van der Waals surface area (Å²) in [4.78, 5) is 12.3. The molecule has 2 heterocycles. The number of benzene rings is 1. The Kier molecular flexibility index (Phi) is 6.35. The molecule has 0 saturated carbocycles. The van der Waals surface area contributed by atoms with Crippen LogP contribution < -0.4 is 10.5 Å². The summed E-state index contributed by atoms with van der Waals surface area (Å²) < 4.78 is 21.6. The van der Waals surface area contributed by atoms with Gasteiger partial charge in [0.15, 0.2) is 23.0 Å². The summed E-state index contributed by atoms with van der Waals surface area (Å²) in [5.74, 6) is 0.118. The Morgan fingerprint density at radius 1 is 1.34 bits per heavy atom. The molecule has 2 N–H and O–H groups in total. The molecule has 0 bridgehead atoms. The van der Waals surface area contributed by atoms with E-state index in [-0.39, 0.29) is 34.5 Å². The molecule has 2 aromatic rings. The van der Waals surface area contributed by atoms with Gasteiger partial charge in [-0.05, 0) is 36.6 Å². The summed E-state index contributed by atoms with van der Waals surface area (Å²) in [6.07, 6.45) is 6.43. The van der Waals surface area contributed by atoms with Crippen LogP contribution in [0.5, 0.6) is 11.5 Å². The van der Waals surface area contributed by atoms with Crippen LogP contribution in [-0.2, 0) is 0 Å². The molecule has 1 atom stereocenters. The predicted octanol–water partition coefficient (Wildman–Crippen LogP) is 4.57. The van der Waals surface area contributed by atoms with Crippen molar-refractivity contribution in [1.29, 1.82) is 5.26 Å². The van der Waals surface area contributed by atoms with Gasteiger partial charge in [-0.1, -0.05) is 26.3 Å². The molecule has 3 rings (SSSR count). The number of hydrogen-bond donors (Lipinski definition) is 1. The second kappa shape index (κ2) is 9.11. The van der Waals surface area contributed by atoms with Crippen molar-refractivity contribution in [1.82, 2.24) is 4.98 Å². The minimum atomic E-state index is -0.540. The highest BCUT2D eigenvalue weighted by Crippen LogP contribution is 2.39. The fraction of sp³-hybridized carbons (Fsp3) is 0.273. The topological polar surface area (TPSA) is 96.7 Å². The minimum absolute atomic E-state index is 0.0753. The molecule has 1 aliphatic rings. The predicted molar refractivity (Wildman–Crippen MR) is 112 cm³/mol. The SMILES string of the molecule is CCCC(C)c1ccc(C2=CCN=C(N)C=N2)c(F)c1Oc1cccnc1C#N. The van der Waals surface area contributed by atoms with Crippen molar-refractivity contribution < 1.29 is 9.13 Å². The molecule has 6 nitrogen and oxygen atoms in total. The Morgan fingerprint density at radius 3 is 2.93 bits per heavy atom. The zero-order chi connectivity index (χ0) is 20.8. The van der Waals surface area contributed by atoms with E-state index in [1.165, 1.54) is 12.4 Å². The normalized spacial score (nSPS) is 14.4. The summed E-state index contributed by atoms with van der Waals surface area (Å²) in [5, 5.41) is 9.30. The molecule has 0 saturated heterocycles. The zero-order valence-electron chi connectivity index (χ0n) is 16.4. The molecular weight excluding hydrogens is 369 g/mol. The van der Waals surface area contributed by atoms with Crippen LogP contribution in [0.2, 0.25) is 0 Å². The standard InChI is InChI=1S/C22H22FN5O/c1-3-5-14(2)15-7-8-16(17-9-11-27-20(25)13-28-17)21(23)22(15)29-19-6-4-10-26-18(19)12-24/h4,6-10,13-14H,3,5,11H2,1-2H3,(H2,25,27). The summed E-state index contributed by atoms with van der Waals surface area (Å²) >= 11 is 0. The Balaban J connectivity index is 2.11. The first-order valence-corrected chi connectivity index (χ1v) is 9.45. The number of rotatable bonds is 6. The molecular formula is C22H22FN5O. The fourth-order valence-corrected chi connectivity index (χ4v) is 3.16. The number of pyridine rings is 1. The van der Waals surface area contributed by atoms with Gasteiger partial charge >= 0.3 is 0 Å². The molecule has 0 fully saturated rings. The van der Waals surface area contributed by atoms with Gasteiger partial charge in [0.25, 0.3) is 0 Å². The van der Waals surface area contributed by atoms with E-state index in [1.54, 1.807) is 24.3 Å². The molecule has 0 spiro atoms. The van der Waals surface area contributed by atoms with E-state index in [0.717, 1.165) is 18.4 Å². The van der Waals surface area contributed by atoms with Crippen molar-refractivity contribution in [2.24, 2.45) is 15.7 Å². The minimum Gasteiger partial charge on any atom is -0.451 e. The number of hydrogen-bond acceptors (Lipinski definition) is 6. The molecule has 1 aliphatic heterocycles. The van der Waals surface area contributed by atoms with Gasteiger partial charge < -0.3 is 10.5 Å². The molecule has 1 aromatic carbocycles. The van der Waals surface area contributed by atoms with E-state index in [0.29, 0.717) is 12.2 Å². The van der Waals surface area contributed by atoms with Crippen LogP contribution in [0.3, 0.4) is 0 Å². The average molecular weight is 391 g/mol. The summed E-state index contributed by atoms with van der Waals surface area (Å²) in [5.41, 5.74) is 7.23. The third-order valence-electron chi connectivity index (χ3n) is 4.64. The third-order valence-corrected chi connectivity index (χ3v) is 4.64. The maximum absolute atomic E-state index is 15.7. The number of nitrogens with two attached hydrogens (primary N) is 1. The summed E-state index contributed by atoms with van der Waals surface area (Å²) in [6, 6.07) is 8.77. The maximum atomic E-state index is 15.7. The highest BCUT2D eigenvalue weighted by atomic mass is 19.1. The lowest BCUT2D eigenvalue weighted by molar-refractivity contribution is 0.426. The third kappa shape index (κ3) is 4.49. The lowest BCUT2D eigenvalue weighted by Gasteiger charge is -2.19. The molecule has 1 aromatic heterocycles. The van der Waals surface area contributed by atoms with Crippen LogP contribution in [0.4, 0.5) is 4.39 Å². The Morgan fingerprint density at radius 2 is 2.17 bits per heavy atom. The van der Waals surface area contributed by atoms with Gasteiger partial charge in [0.05, 0.1) is 18.5 Å². The van der Waals surface area contributed by atoms with Crippen molar-refractivity contribution in [3.05, 3.63) is 59.2 Å². The number of nitrogens with zero attached hydrogens (tertiary/aromatic N) is 4. The van der Waals surface area contributed by atoms with Gasteiger partial charge in [0, 0.05) is 17.3 Å². The monoisotopic (exact) mass is 391 g/mol. The highest BCUT2D eigenvalue weighted by molar-refractivity contribution is 6.29. The average Bonchev–Trinajstić information content (AvgIpc) is 2.94. The number of nitriles is 1. The smallest absolute Gasteiger partial charge is 0.183 e. The van der Waals surface area contributed by atoms with Gasteiger partial charge in [-0.3, -0.25) is 9.98 Å². The first-order chi connectivity index (χ1) is 14.0. The molecule has 29 heavy (non-hydrogen) atoms. The van der Waals surface area contributed by atoms with Crippen LogP contribution in [0.15, 0.2) is 46.5 Å². The van der Waals surface area contributed by atoms with Crippen LogP contribution in [0.1, 0.15) is 49.4 Å². The second-order valence-corrected chi connectivity index (χ2v) is 6.71. The van der Waals surface area contributed by atoms with Crippen molar-refractivity contribution in [3.63, 3.8) is 0 Å². The number of ether oxygens (including phenoxy) is 1. The Labute approximate surface area is 169 Å². The van der Waals surface area contributed by atoms with Crippen molar-refractivity contribution in [2.45, 2.75) is 32.6 Å². The van der Waals surface area contributed by atoms with Gasteiger partial charge in [0.1, 0.15) is 11.9 Å². The Hall–Kier alpha value is -3.53. The molecule has 7 heteroatoms. The number of aliphatic imine (C=N–C) groups is 2. The molecule has 0 aliphatic carbocycles. The largest absolute Gasteiger partial charge is 0.451 e. The lowest BCUT2D eigenvalue weighted by Crippen LogP contribution is -2.12. The molecule has 1 unspecified atom stereocenters. The van der Waals surface area contributed by atoms with Gasteiger partial charge in [-0.2, -0.15) is 5.26 Å². The van der Waals surface area contributed by atoms with E-state index in [1.807, 2.05) is 19.1 Å². The van der Waals surface area contributed by atoms with Gasteiger partial charge in [-0.15, -0.1) is 0 Å². The van der Waals surface area contributed by atoms with E-state index in [9.17, 15) is 5.26 Å². The summed E-state index contributed by atoms with van der Waals surface area (Å²) in [7, 11) is 0. The van der Waals surface area contributed by atoms with Crippen LogP contribution in [0.25, 0.3) is 5.70 Å². The van der Waals surface area contributed by atoms with Crippen molar-refractivity contribution in [3.8, 4) is 17.6 Å². The van der Waals surface area contributed by atoms with E-state index in [4.69, 9.17) is 10.5 Å². The van der Waals surface area contributed by atoms with Crippen LogP contribution in [0, 0.1) is 17.1 Å². The van der Waals surface area contributed by atoms with E-state index in [2.05, 4.69) is 21.9 Å². The highest BCUT2D eigenvalue weighted by Gasteiger charge is 2.22. The number of halogens is 1. The Bertz CT molecular complexity index is 1040. The maximum Gasteiger partial charge on any atom is 0.183 e. The van der Waals surface area contributed by atoms with Crippen LogP contribution >= 0.6 is 0 Å². The van der Waals surface area contributed by atoms with Crippen LogP contribution in [-0.4, -0.2) is 23.6 Å². The second-order valence-electron chi connectivity index (χ2n) is 6.71. The van der Waals surface area contributed by atoms with Gasteiger partial charge in [0.2, 0.25) is 0 Å². The number of amidine groups is 1. The molecule has 0 amide bonds. The molecule has 0 radical (unpaired) electrons. The fourth-order valence-electron chi connectivity index (χ4n) is 3.16. The van der Waals surface area contributed by atoms with Gasteiger partial charge in [-0.25, -0.2) is 9.37 Å². The van der Waals surface area contributed by atoms with Crippen molar-refractivity contribution in [2.75, 3.05) is 6.54 Å². The van der Waals surface area contributed by atoms with Crippen molar-refractivity contribution >= 4 is 17.7 Å². The first kappa shape index (κ1) is 20.2.